The highest BCUT2D eigenvalue weighted by atomic mass is 79.9. The Balaban J connectivity index is 1.91. The van der Waals surface area contributed by atoms with E-state index in [0.29, 0.717) is 6.54 Å². The average molecular weight is 356 g/mol. The van der Waals surface area contributed by atoms with Gasteiger partial charge in [-0.05, 0) is 57.9 Å². The molecule has 0 N–H and O–H groups in total. The lowest BCUT2D eigenvalue weighted by Gasteiger charge is -2.34. The van der Waals surface area contributed by atoms with Gasteiger partial charge in [-0.15, -0.1) is 0 Å². The van der Waals surface area contributed by atoms with Crippen LogP contribution in [0.25, 0.3) is 0 Å². The van der Waals surface area contributed by atoms with Crippen LogP contribution in [-0.2, 0) is 4.74 Å². The largest absolute Gasteiger partial charge is 0.489 e. The molecule has 0 unspecified atom stereocenters. The first-order valence-corrected chi connectivity index (χ1v) is 8.03. The summed E-state index contributed by atoms with van der Waals surface area (Å²) in [5, 5.41) is 0. The standard InChI is InChI=1S/C16H22BrNO3/c1-16(2,3)21-15(19)18-10-4-5-14(11-18)20-13-8-6-12(17)7-9-13/h6-9,14H,4-5,10-11H2,1-3H3/t14-/m1/s1. The summed E-state index contributed by atoms with van der Waals surface area (Å²) in [6.07, 6.45) is 1.65. The molecule has 1 aromatic rings. The summed E-state index contributed by atoms with van der Waals surface area (Å²) in [6, 6.07) is 7.75. The quantitative estimate of drug-likeness (QED) is 0.796. The van der Waals surface area contributed by atoms with Gasteiger partial charge in [0.25, 0.3) is 0 Å². The van der Waals surface area contributed by atoms with Crippen LogP contribution in [0.3, 0.4) is 0 Å². The molecule has 0 aromatic heterocycles. The summed E-state index contributed by atoms with van der Waals surface area (Å²) in [5.74, 6) is 0.828. The van der Waals surface area contributed by atoms with Gasteiger partial charge in [-0.2, -0.15) is 0 Å². The van der Waals surface area contributed by atoms with Crippen molar-refractivity contribution in [2.75, 3.05) is 13.1 Å². The van der Waals surface area contributed by atoms with Crippen LogP contribution in [0.4, 0.5) is 4.79 Å². The Morgan fingerprint density at radius 2 is 1.95 bits per heavy atom. The van der Waals surface area contributed by atoms with Crippen LogP contribution in [0.1, 0.15) is 33.6 Å². The normalized spacial score (nSPS) is 19.2. The van der Waals surface area contributed by atoms with E-state index in [1.165, 1.54) is 0 Å². The molecule has 2 rings (SSSR count). The van der Waals surface area contributed by atoms with Crippen LogP contribution < -0.4 is 4.74 Å². The molecular formula is C16H22BrNO3. The van der Waals surface area contributed by atoms with E-state index in [1.54, 1.807) is 4.90 Å². The second-order valence-corrected chi connectivity index (χ2v) is 7.18. The molecular weight excluding hydrogens is 334 g/mol. The fourth-order valence-electron chi connectivity index (χ4n) is 2.23. The van der Waals surface area contributed by atoms with E-state index in [4.69, 9.17) is 9.47 Å². The first kappa shape index (κ1) is 16.1. The molecule has 1 amide bonds. The maximum atomic E-state index is 12.1. The Labute approximate surface area is 134 Å². The molecule has 5 heteroatoms. The number of carbonyl (C=O) groups excluding carboxylic acids is 1. The van der Waals surface area contributed by atoms with Crippen molar-refractivity contribution in [3.63, 3.8) is 0 Å². The fourth-order valence-corrected chi connectivity index (χ4v) is 2.50. The minimum absolute atomic E-state index is 0.0208. The van der Waals surface area contributed by atoms with E-state index in [0.717, 1.165) is 29.6 Å². The van der Waals surface area contributed by atoms with E-state index in [-0.39, 0.29) is 12.2 Å². The zero-order chi connectivity index (χ0) is 15.5. The van der Waals surface area contributed by atoms with Gasteiger partial charge < -0.3 is 14.4 Å². The van der Waals surface area contributed by atoms with Gasteiger partial charge in [0, 0.05) is 11.0 Å². The van der Waals surface area contributed by atoms with Gasteiger partial charge in [-0.25, -0.2) is 4.79 Å². The van der Waals surface area contributed by atoms with Gasteiger partial charge in [-0.1, -0.05) is 15.9 Å². The number of likely N-dealkylation sites (tertiary alicyclic amines) is 1. The van der Waals surface area contributed by atoms with E-state index in [9.17, 15) is 4.79 Å². The van der Waals surface area contributed by atoms with Crippen LogP contribution in [0.15, 0.2) is 28.7 Å². The predicted molar refractivity (Wildman–Crippen MR) is 85.6 cm³/mol. The Kier molecular flexibility index (Phi) is 5.14. The summed E-state index contributed by atoms with van der Waals surface area (Å²) in [7, 11) is 0. The molecule has 4 nitrogen and oxygen atoms in total. The van der Waals surface area contributed by atoms with Crippen LogP contribution >= 0.6 is 15.9 Å². The first-order valence-electron chi connectivity index (χ1n) is 7.24. The highest BCUT2D eigenvalue weighted by molar-refractivity contribution is 9.10. The van der Waals surface area contributed by atoms with E-state index in [2.05, 4.69) is 15.9 Å². The maximum absolute atomic E-state index is 12.1. The lowest BCUT2D eigenvalue weighted by molar-refractivity contribution is 0.00776. The second kappa shape index (κ2) is 6.69. The van der Waals surface area contributed by atoms with Crippen LogP contribution in [0.2, 0.25) is 0 Å². The minimum Gasteiger partial charge on any atom is -0.489 e. The van der Waals surface area contributed by atoms with Crippen LogP contribution in [-0.4, -0.2) is 35.8 Å². The second-order valence-electron chi connectivity index (χ2n) is 6.26. The highest BCUT2D eigenvalue weighted by Crippen LogP contribution is 2.22. The predicted octanol–water partition coefficient (Wildman–Crippen LogP) is 4.23. The molecule has 0 radical (unpaired) electrons. The summed E-state index contributed by atoms with van der Waals surface area (Å²) in [5.41, 5.74) is -0.462. The highest BCUT2D eigenvalue weighted by Gasteiger charge is 2.28. The number of carbonyl (C=O) groups is 1. The van der Waals surface area contributed by atoms with Gasteiger partial charge in [0.05, 0.1) is 6.54 Å². The third-order valence-corrected chi connectivity index (χ3v) is 3.67. The van der Waals surface area contributed by atoms with Gasteiger partial charge in [0.1, 0.15) is 17.5 Å². The van der Waals surface area contributed by atoms with Crippen molar-refractivity contribution >= 4 is 22.0 Å². The summed E-state index contributed by atoms with van der Waals surface area (Å²) in [6.45, 7) is 6.94. The van der Waals surface area contributed by atoms with Crippen molar-refractivity contribution in [2.45, 2.75) is 45.3 Å². The molecule has 0 saturated carbocycles. The third kappa shape index (κ3) is 5.23. The number of hydrogen-bond donors (Lipinski definition) is 0. The number of amides is 1. The van der Waals surface area contributed by atoms with Crippen molar-refractivity contribution in [2.24, 2.45) is 0 Å². The molecule has 0 spiro atoms. The van der Waals surface area contributed by atoms with Gasteiger partial charge in [0.15, 0.2) is 0 Å². The van der Waals surface area contributed by atoms with Crippen LogP contribution in [0, 0.1) is 0 Å². The molecule has 1 saturated heterocycles. The Hall–Kier alpha value is -1.23. The van der Waals surface area contributed by atoms with Crippen molar-refractivity contribution in [3.8, 4) is 5.75 Å². The smallest absolute Gasteiger partial charge is 0.410 e. The number of nitrogens with zero attached hydrogens (tertiary/aromatic N) is 1. The third-order valence-electron chi connectivity index (χ3n) is 3.15. The number of piperidine rings is 1. The topological polar surface area (TPSA) is 38.8 Å². The Morgan fingerprint density at radius 3 is 2.57 bits per heavy atom. The molecule has 21 heavy (non-hydrogen) atoms. The molecule has 1 aromatic carbocycles. The van der Waals surface area contributed by atoms with E-state index >= 15 is 0 Å². The monoisotopic (exact) mass is 355 g/mol. The lowest BCUT2D eigenvalue weighted by atomic mass is 10.1. The molecule has 1 aliphatic rings. The van der Waals surface area contributed by atoms with Crippen molar-refractivity contribution in [1.29, 1.82) is 0 Å². The molecule has 116 valence electrons. The molecule has 0 bridgehead atoms. The van der Waals surface area contributed by atoms with Crippen molar-refractivity contribution in [3.05, 3.63) is 28.7 Å². The number of rotatable bonds is 2. The Bertz CT molecular complexity index is 481. The summed E-state index contributed by atoms with van der Waals surface area (Å²) >= 11 is 3.40. The summed E-state index contributed by atoms with van der Waals surface area (Å²) < 4.78 is 12.4. The van der Waals surface area contributed by atoms with Crippen molar-refractivity contribution in [1.82, 2.24) is 4.90 Å². The van der Waals surface area contributed by atoms with Gasteiger partial charge in [-0.3, -0.25) is 0 Å². The first-order chi connectivity index (χ1) is 9.83. The fraction of sp³-hybridized carbons (Fsp3) is 0.562. The number of halogens is 1. The molecule has 1 aliphatic heterocycles. The number of hydrogen-bond acceptors (Lipinski definition) is 3. The van der Waals surface area contributed by atoms with Crippen molar-refractivity contribution < 1.29 is 14.3 Å². The maximum Gasteiger partial charge on any atom is 0.410 e. The van der Waals surface area contributed by atoms with Crippen LogP contribution in [0.5, 0.6) is 5.75 Å². The average Bonchev–Trinajstić information content (AvgIpc) is 2.40. The van der Waals surface area contributed by atoms with E-state index in [1.807, 2.05) is 45.0 Å². The molecule has 1 heterocycles. The minimum atomic E-state index is -0.462. The lowest BCUT2D eigenvalue weighted by Crippen LogP contribution is -2.46. The zero-order valence-electron chi connectivity index (χ0n) is 12.8. The summed E-state index contributed by atoms with van der Waals surface area (Å²) in [4.78, 5) is 13.8. The molecule has 1 atom stereocenters. The SMILES string of the molecule is CC(C)(C)OC(=O)N1CCC[C@@H](Oc2ccc(Br)cc2)C1. The Morgan fingerprint density at radius 1 is 1.29 bits per heavy atom. The van der Waals surface area contributed by atoms with Gasteiger partial charge in [0.2, 0.25) is 0 Å². The van der Waals surface area contributed by atoms with E-state index < -0.39 is 5.60 Å². The number of benzene rings is 1. The molecule has 1 fully saturated rings. The molecule has 0 aliphatic carbocycles. The number of ether oxygens (including phenoxy) is 2. The van der Waals surface area contributed by atoms with Gasteiger partial charge >= 0.3 is 6.09 Å². The zero-order valence-corrected chi connectivity index (χ0v) is 14.4.